The monoisotopic (exact) mass is 235 g/mol. The van der Waals surface area contributed by atoms with Gasteiger partial charge in [-0.1, -0.05) is 25.7 Å². The van der Waals surface area contributed by atoms with E-state index in [4.69, 9.17) is 0 Å². The molecule has 0 amide bonds. The van der Waals surface area contributed by atoms with Gasteiger partial charge in [-0.15, -0.1) is 0 Å². The van der Waals surface area contributed by atoms with Crippen LogP contribution in [0, 0.1) is 12.8 Å². The molecule has 1 atom stereocenters. The Hall–Kier alpha value is -0.830. The normalized spacial score (nSPS) is 18.8. The summed E-state index contributed by atoms with van der Waals surface area (Å²) in [4.78, 5) is 0. The van der Waals surface area contributed by atoms with E-state index in [9.17, 15) is 0 Å². The minimum Gasteiger partial charge on any atom is -0.312 e. The van der Waals surface area contributed by atoms with E-state index >= 15 is 0 Å². The van der Waals surface area contributed by atoms with E-state index < -0.39 is 0 Å². The van der Waals surface area contributed by atoms with Crippen molar-refractivity contribution in [3.05, 3.63) is 17.5 Å². The van der Waals surface area contributed by atoms with Crippen LogP contribution in [0.5, 0.6) is 0 Å². The van der Waals surface area contributed by atoms with Crippen molar-refractivity contribution >= 4 is 0 Å². The molecular weight excluding hydrogens is 210 g/mol. The lowest BCUT2D eigenvalue weighted by atomic mass is 9.97. The Balaban J connectivity index is 1.91. The average Bonchev–Trinajstić information content (AvgIpc) is 2.91. The van der Waals surface area contributed by atoms with Gasteiger partial charge in [0.1, 0.15) is 0 Å². The summed E-state index contributed by atoms with van der Waals surface area (Å²) in [5.74, 6) is 0.968. The van der Waals surface area contributed by atoms with Crippen LogP contribution in [-0.2, 0) is 7.05 Å². The Morgan fingerprint density at radius 3 is 2.71 bits per heavy atom. The lowest BCUT2D eigenvalue weighted by molar-refractivity contribution is 0.421. The van der Waals surface area contributed by atoms with Crippen molar-refractivity contribution in [2.45, 2.75) is 51.5 Å². The van der Waals surface area contributed by atoms with Gasteiger partial charge in [-0.2, -0.15) is 5.10 Å². The first-order valence-corrected chi connectivity index (χ1v) is 6.88. The van der Waals surface area contributed by atoms with Crippen LogP contribution < -0.4 is 5.32 Å². The predicted octanol–water partition coefficient (Wildman–Crippen LogP) is 2.96. The predicted molar refractivity (Wildman–Crippen MR) is 70.9 cm³/mol. The highest BCUT2D eigenvalue weighted by Crippen LogP contribution is 2.31. The molecule has 1 heterocycles. The summed E-state index contributed by atoms with van der Waals surface area (Å²) < 4.78 is 1.97. The molecule has 0 aliphatic heterocycles. The van der Waals surface area contributed by atoms with Gasteiger partial charge in [-0.25, -0.2) is 0 Å². The highest BCUT2D eigenvalue weighted by atomic mass is 15.3. The topological polar surface area (TPSA) is 29.9 Å². The lowest BCUT2D eigenvalue weighted by Crippen LogP contribution is -2.18. The van der Waals surface area contributed by atoms with Gasteiger partial charge in [-0.3, -0.25) is 4.68 Å². The Labute approximate surface area is 105 Å². The molecule has 1 aliphatic carbocycles. The van der Waals surface area contributed by atoms with Gasteiger partial charge in [0.15, 0.2) is 0 Å². The maximum atomic E-state index is 4.58. The minimum absolute atomic E-state index is 0.426. The molecule has 1 N–H and O–H groups in total. The number of rotatable bonds is 5. The van der Waals surface area contributed by atoms with Crippen LogP contribution in [0.15, 0.2) is 6.07 Å². The number of nitrogens with one attached hydrogen (secondary N) is 1. The summed E-state index contributed by atoms with van der Waals surface area (Å²) in [6.45, 7) is 2.11. The van der Waals surface area contributed by atoms with Gasteiger partial charge in [0.2, 0.25) is 0 Å². The van der Waals surface area contributed by atoms with E-state index in [2.05, 4.69) is 23.4 Å². The van der Waals surface area contributed by atoms with Crippen molar-refractivity contribution in [2.75, 3.05) is 7.05 Å². The molecule has 3 heteroatoms. The third kappa shape index (κ3) is 3.09. The average molecular weight is 235 g/mol. The molecule has 0 bridgehead atoms. The summed E-state index contributed by atoms with van der Waals surface area (Å²) >= 11 is 0. The molecule has 96 valence electrons. The third-order valence-electron chi connectivity index (χ3n) is 4.18. The van der Waals surface area contributed by atoms with E-state index in [1.165, 1.54) is 49.9 Å². The molecule has 0 spiro atoms. The van der Waals surface area contributed by atoms with E-state index in [0.29, 0.717) is 6.04 Å². The van der Waals surface area contributed by atoms with Crippen LogP contribution in [0.3, 0.4) is 0 Å². The first-order chi connectivity index (χ1) is 8.20. The van der Waals surface area contributed by atoms with E-state index in [0.717, 1.165) is 5.92 Å². The molecule has 1 aliphatic rings. The summed E-state index contributed by atoms with van der Waals surface area (Å²) in [7, 11) is 4.06. The highest BCUT2D eigenvalue weighted by Gasteiger charge is 2.19. The highest BCUT2D eigenvalue weighted by molar-refractivity contribution is 5.12. The van der Waals surface area contributed by atoms with Gasteiger partial charge in [-0.05, 0) is 38.8 Å². The van der Waals surface area contributed by atoms with Crippen LogP contribution in [0.2, 0.25) is 0 Å². The number of aromatic nitrogens is 2. The van der Waals surface area contributed by atoms with Crippen LogP contribution in [0.1, 0.15) is 56.0 Å². The SMILES string of the molecule is CNC(CCC1CCCC1)c1cc(C)n(C)n1. The second kappa shape index (κ2) is 5.67. The quantitative estimate of drug-likeness (QED) is 0.850. The molecule has 1 fully saturated rings. The zero-order valence-electron chi connectivity index (χ0n) is 11.4. The van der Waals surface area contributed by atoms with Crippen LogP contribution in [0.4, 0.5) is 0 Å². The fourth-order valence-electron chi connectivity index (χ4n) is 2.90. The largest absolute Gasteiger partial charge is 0.312 e. The summed E-state index contributed by atoms with van der Waals surface area (Å²) in [5.41, 5.74) is 2.44. The van der Waals surface area contributed by atoms with Crippen molar-refractivity contribution in [3.63, 3.8) is 0 Å². The summed E-state index contributed by atoms with van der Waals surface area (Å²) in [5, 5.41) is 7.99. The second-order valence-electron chi connectivity index (χ2n) is 5.40. The molecule has 1 saturated carbocycles. The first kappa shape index (κ1) is 12.6. The van der Waals surface area contributed by atoms with Gasteiger partial charge >= 0.3 is 0 Å². The number of hydrogen-bond acceptors (Lipinski definition) is 2. The standard InChI is InChI=1S/C14H25N3/c1-11-10-14(16-17(11)3)13(15-2)9-8-12-6-4-5-7-12/h10,12-13,15H,4-9H2,1-3H3. The second-order valence-corrected chi connectivity index (χ2v) is 5.40. The van der Waals surface area contributed by atoms with E-state index in [1.807, 2.05) is 18.8 Å². The summed E-state index contributed by atoms with van der Waals surface area (Å²) in [6.07, 6.45) is 8.34. The molecule has 17 heavy (non-hydrogen) atoms. The maximum Gasteiger partial charge on any atom is 0.0796 e. The molecule has 1 unspecified atom stereocenters. The molecule has 0 aromatic carbocycles. The summed E-state index contributed by atoms with van der Waals surface area (Å²) in [6, 6.07) is 2.63. The van der Waals surface area contributed by atoms with Crippen LogP contribution >= 0.6 is 0 Å². The van der Waals surface area contributed by atoms with E-state index in [1.54, 1.807) is 0 Å². The van der Waals surface area contributed by atoms with Crippen LogP contribution in [-0.4, -0.2) is 16.8 Å². The number of nitrogens with zero attached hydrogens (tertiary/aromatic N) is 2. The van der Waals surface area contributed by atoms with Crippen molar-refractivity contribution in [3.8, 4) is 0 Å². The fourth-order valence-corrected chi connectivity index (χ4v) is 2.90. The van der Waals surface area contributed by atoms with Gasteiger partial charge in [0.25, 0.3) is 0 Å². The van der Waals surface area contributed by atoms with Gasteiger partial charge in [0.05, 0.1) is 11.7 Å². The van der Waals surface area contributed by atoms with Crippen molar-refractivity contribution in [2.24, 2.45) is 13.0 Å². The third-order valence-corrected chi connectivity index (χ3v) is 4.18. The van der Waals surface area contributed by atoms with Crippen molar-refractivity contribution in [1.82, 2.24) is 15.1 Å². The van der Waals surface area contributed by atoms with Gasteiger partial charge < -0.3 is 5.32 Å². The van der Waals surface area contributed by atoms with Gasteiger partial charge in [0, 0.05) is 12.7 Å². The van der Waals surface area contributed by atoms with Crippen LogP contribution in [0.25, 0.3) is 0 Å². The molecule has 0 radical (unpaired) electrons. The molecular formula is C14H25N3. The Kier molecular flexibility index (Phi) is 4.21. The smallest absolute Gasteiger partial charge is 0.0796 e. The Bertz CT molecular complexity index is 331. The molecule has 2 rings (SSSR count). The molecule has 0 saturated heterocycles. The first-order valence-electron chi connectivity index (χ1n) is 6.88. The molecule has 1 aromatic rings. The van der Waals surface area contributed by atoms with E-state index in [-0.39, 0.29) is 0 Å². The van der Waals surface area contributed by atoms with Crippen molar-refractivity contribution < 1.29 is 0 Å². The Morgan fingerprint density at radius 1 is 1.47 bits per heavy atom. The Morgan fingerprint density at radius 2 is 2.18 bits per heavy atom. The zero-order chi connectivity index (χ0) is 12.3. The molecule has 3 nitrogen and oxygen atoms in total. The molecule has 1 aromatic heterocycles. The number of aryl methyl sites for hydroxylation is 2. The minimum atomic E-state index is 0.426. The maximum absolute atomic E-state index is 4.58. The fraction of sp³-hybridized carbons (Fsp3) is 0.786. The lowest BCUT2D eigenvalue weighted by Gasteiger charge is -2.16. The van der Waals surface area contributed by atoms with Crippen molar-refractivity contribution in [1.29, 1.82) is 0 Å². The number of hydrogen-bond donors (Lipinski definition) is 1. The zero-order valence-corrected chi connectivity index (χ0v) is 11.4.